The highest BCUT2D eigenvalue weighted by atomic mass is 15.5. The Kier molecular flexibility index (Phi) is 1.02. The lowest BCUT2D eigenvalue weighted by Gasteiger charge is -2.12. The number of nitrogens with zero attached hydrogens (tertiary/aromatic N) is 1. The van der Waals surface area contributed by atoms with Gasteiger partial charge in [-0.05, 0) is 25.3 Å². The summed E-state index contributed by atoms with van der Waals surface area (Å²) < 4.78 is 0. The van der Waals surface area contributed by atoms with Crippen molar-refractivity contribution in [1.82, 2.24) is 10.4 Å². The van der Waals surface area contributed by atoms with Gasteiger partial charge >= 0.3 is 0 Å². The predicted octanol–water partition coefficient (Wildman–Crippen LogP) is 0.874. The van der Waals surface area contributed by atoms with Crippen molar-refractivity contribution in [2.24, 2.45) is 0 Å². The summed E-state index contributed by atoms with van der Waals surface area (Å²) in [6, 6.07) is 0. The largest absolute Gasteiger partial charge is 0.312 e. The van der Waals surface area contributed by atoms with Crippen molar-refractivity contribution in [3.63, 3.8) is 0 Å². The van der Waals surface area contributed by atoms with Gasteiger partial charge in [0, 0.05) is 18.8 Å². The molecule has 0 spiro atoms. The van der Waals surface area contributed by atoms with Crippen molar-refractivity contribution < 1.29 is 0 Å². The number of rotatable bonds is 0. The van der Waals surface area contributed by atoms with E-state index in [0.717, 1.165) is 6.54 Å². The van der Waals surface area contributed by atoms with Crippen LogP contribution in [0.5, 0.6) is 0 Å². The van der Waals surface area contributed by atoms with Gasteiger partial charge in [-0.2, -0.15) is 0 Å². The molecule has 0 atom stereocenters. The molecule has 2 heteroatoms. The number of hydrogen-bond acceptors (Lipinski definition) is 2. The van der Waals surface area contributed by atoms with Gasteiger partial charge in [0.05, 0.1) is 0 Å². The van der Waals surface area contributed by atoms with Crippen LogP contribution in [0, 0.1) is 0 Å². The lowest BCUT2D eigenvalue weighted by atomic mass is 10.2. The van der Waals surface area contributed by atoms with E-state index in [1.165, 1.54) is 25.0 Å². The van der Waals surface area contributed by atoms with Crippen LogP contribution in [0.2, 0.25) is 0 Å². The van der Waals surface area contributed by atoms with E-state index in [2.05, 4.69) is 17.4 Å². The third-order valence-corrected chi connectivity index (χ3v) is 2.15. The summed E-state index contributed by atoms with van der Waals surface area (Å²) in [4.78, 5) is 0. The minimum Gasteiger partial charge on any atom is -0.312 e. The summed E-state index contributed by atoms with van der Waals surface area (Å²) in [5.74, 6) is 0. The van der Waals surface area contributed by atoms with E-state index >= 15 is 0 Å². The van der Waals surface area contributed by atoms with E-state index in [1.54, 1.807) is 5.70 Å². The van der Waals surface area contributed by atoms with Gasteiger partial charge in [0.15, 0.2) is 0 Å². The monoisotopic (exact) mass is 124 g/mol. The highest BCUT2D eigenvalue weighted by Gasteiger charge is 2.23. The second kappa shape index (κ2) is 1.74. The molecule has 2 nitrogen and oxygen atoms in total. The van der Waals surface area contributed by atoms with E-state index in [9.17, 15) is 0 Å². The molecule has 1 N–H and O–H groups in total. The minimum atomic E-state index is 1.08. The fourth-order valence-electron chi connectivity index (χ4n) is 1.61. The molecule has 0 unspecified atom stereocenters. The smallest absolute Gasteiger partial charge is 0.0378 e. The molecule has 0 bridgehead atoms. The van der Waals surface area contributed by atoms with Gasteiger partial charge in [0.1, 0.15) is 0 Å². The summed E-state index contributed by atoms with van der Waals surface area (Å²) in [5.41, 5.74) is 6.41. The zero-order valence-corrected chi connectivity index (χ0v) is 5.78. The molecule has 0 amide bonds. The lowest BCUT2D eigenvalue weighted by Crippen LogP contribution is -2.28. The first kappa shape index (κ1) is 5.30. The summed E-state index contributed by atoms with van der Waals surface area (Å²) >= 11 is 0. The first-order valence-electron chi connectivity index (χ1n) is 3.57. The molecule has 2 aliphatic heterocycles. The van der Waals surface area contributed by atoms with Crippen molar-refractivity contribution in [1.29, 1.82) is 0 Å². The molecule has 50 valence electrons. The van der Waals surface area contributed by atoms with Gasteiger partial charge in [-0.3, -0.25) is 0 Å². The molecule has 0 aromatic carbocycles. The molecule has 2 heterocycles. The maximum atomic E-state index is 3.33. The van der Waals surface area contributed by atoms with E-state index in [-0.39, 0.29) is 0 Å². The van der Waals surface area contributed by atoms with Crippen LogP contribution in [0.1, 0.15) is 19.8 Å². The van der Waals surface area contributed by atoms with E-state index in [4.69, 9.17) is 0 Å². The van der Waals surface area contributed by atoms with Crippen LogP contribution in [0.15, 0.2) is 11.3 Å². The summed E-state index contributed by atoms with van der Waals surface area (Å²) in [6.07, 6.45) is 2.62. The molecule has 0 aliphatic carbocycles. The first-order chi connectivity index (χ1) is 4.38. The van der Waals surface area contributed by atoms with E-state index in [1.807, 2.05) is 0 Å². The van der Waals surface area contributed by atoms with Gasteiger partial charge in [0.25, 0.3) is 0 Å². The fourth-order valence-corrected chi connectivity index (χ4v) is 1.61. The highest BCUT2D eigenvalue weighted by Crippen LogP contribution is 2.25. The molecule has 1 saturated heterocycles. The normalized spacial score (nSPS) is 25.7. The molecular weight excluding hydrogens is 112 g/mol. The molecule has 0 aromatic rings. The molecule has 2 rings (SSSR count). The minimum absolute atomic E-state index is 1.08. The quantitative estimate of drug-likeness (QED) is 0.515. The van der Waals surface area contributed by atoms with Crippen LogP contribution < -0.4 is 5.43 Å². The Balaban J connectivity index is 2.28. The van der Waals surface area contributed by atoms with Gasteiger partial charge in [0.2, 0.25) is 0 Å². The van der Waals surface area contributed by atoms with Crippen molar-refractivity contribution >= 4 is 0 Å². The Morgan fingerprint density at radius 1 is 1.56 bits per heavy atom. The second-order valence-corrected chi connectivity index (χ2v) is 2.82. The Labute approximate surface area is 55.5 Å². The van der Waals surface area contributed by atoms with Gasteiger partial charge in [-0.25, -0.2) is 5.43 Å². The first-order valence-corrected chi connectivity index (χ1v) is 3.57. The second-order valence-electron chi connectivity index (χ2n) is 2.82. The maximum absolute atomic E-state index is 3.33. The highest BCUT2D eigenvalue weighted by molar-refractivity contribution is 5.19. The average Bonchev–Trinajstić information content (AvgIpc) is 2.35. The maximum Gasteiger partial charge on any atom is 0.0378 e. The molecule has 9 heavy (non-hydrogen) atoms. The molecule has 0 aromatic heterocycles. The predicted molar refractivity (Wildman–Crippen MR) is 36.6 cm³/mol. The average molecular weight is 124 g/mol. The Hall–Kier alpha value is -0.500. The van der Waals surface area contributed by atoms with Crippen molar-refractivity contribution in [2.45, 2.75) is 19.8 Å². The SMILES string of the molecule is CC1=C2CCCN2NC1. The van der Waals surface area contributed by atoms with Crippen molar-refractivity contribution in [3.8, 4) is 0 Å². The fraction of sp³-hybridized carbons (Fsp3) is 0.714. The molecular formula is C7H12N2. The Morgan fingerprint density at radius 2 is 2.44 bits per heavy atom. The lowest BCUT2D eigenvalue weighted by molar-refractivity contribution is 0.321. The van der Waals surface area contributed by atoms with Crippen molar-refractivity contribution in [3.05, 3.63) is 11.3 Å². The zero-order chi connectivity index (χ0) is 6.27. The summed E-state index contributed by atoms with van der Waals surface area (Å²) in [7, 11) is 0. The number of nitrogens with one attached hydrogen (secondary N) is 1. The Bertz CT molecular complexity index is 160. The van der Waals surface area contributed by atoms with Crippen LogP contribution in [0.3, 0.4) is 0 Å². The van der Waals surface area contributed by atoms with Gasteiger partial charge in [-0.1, -0.05) is 0 Å². The van der Waals surface area contributed by atoms with Gasteiger partial charge in [-0.15, -0.1) is 0 Å². The van der Waals surface area contributed by atoms with Crippen LogP contribution in [0.4, 0.5) is 0 Å². The molecule has 1 fully saturated rings. The van der Waals surface area contributed by atoms with Crippen molar-refractivity contribution in [2.75, 3.05) is 13.1 Å². The number of fused-ring (bicyclic) bond motifs is 1. The van der Waals surface area contributed by atoms with Crippen LogP contribution in [-0.4, -0.2) is 18.1 Å². The summed E-state index contributed by atoms with van der Waals surface area (Å²) in [5, 5.41) is 2.29. The topological polar surface area (TPSA) is 15.3 Å². The summed E-state index contributed by atoms with van der Waals surface area (Å²) in [6.45, 7) is 4.51. The zero-order valence-electron chi connectivity index (χ0n) is 5.78. The van der Waals surface area contributed by atoms with Crippen LogP contribution in [-0.2, 0) is 0 Å². The third kappa shape index (κ3) is 0.663. The van der Waals surface area contributed by atoms with Gasteiger partial charge < -0.3 is 5.01 Å². The van der Waals surface area contributed by atoms with E-state index < -0.39 is 0 Å². The third-order valence-electron chi connectivity index (χ3n) is 2.15. The van der Waals surface area contributed by atoms with Crippen LogP contribution in [0.25, 0.3) is 0 Å². The standard InChI is InChI=1S/C7H12N2/c1-6-5-8-9-4-2-3-7(6)9/h8H,2-5H2,1H3. The Morgan fingerprint density at radius 3 is 3.22 bits per heavy atom. The van der Waals surface area contributed by atoms with Crippen LogP contribution >= 0.6 is 0 Å². The molecule has 0 radical (unpaired) electrons. The van der Waals surface area contributed by atoms with E-state index in [0.29, 0.717) is 0 Å². The molecule has 2 aliphatic rings. The number of hydrogen-bond donors (Lipinski definition) is 1. The number of allylic oxidation sites excluding steroid dienone is 1. The number of hydrazine groups is 1. The molecule has 0 saturated carbocycles.